The lowest BCUT2D eigenvalue weighted by Crippen LogP contribution is -2.16. The Bertz CT molecular complexity index is 673. The highest BCUT2D eigenvalue weighted by Gasteiger charge is 2.31. The van der Waals surface area contributed by atoms with Crippen LogP contribution in [0.25, 0.3) is 5.69 Å². The summed E-state index contributed by atoms with van der Waals surface area (Å²) in [6.07, 6.45) is -4.52. The summed E-state index contributed by atoms with van der Waals surface area (Å²) in [5.41, 5.74) is -1.73. The van der Waals surface area contributed by atoms with Crippen molar-refractivity contribution in [1.29, 1.82) is 0 Å². The molecule has 0 saturated carbocycles. The molecule has 0 fully saturated rings. The number of H-pyrrole nitrogens is 2. The molecule has 0 amide bonds. The summed E-state index contributed by atoms with van der Waals surface area (Å²) in [4.78, 5) is 11.4. The number of nitrogens with zero attached hydrogens (tertiary/aromatic N) is 1. The molecule has 2 aromatic rings. The van der Waals surface area contributed by atoms with Gasteiger partial charge in [0.15, 0.2) is 0 Å². The van der Waals surface area contributed by atoms with E-state index in [1.165, 1.54) is 0 Å². The molecule has 0 saturated heterocycles. The smallest absolute Gasteiger partial charge is 0.272 e. The van der Waals surface area contributed by atoms with E-state index in [-0.39, 0.29) is 15.5 Å². The van der Waals surface area contributed by atoms with Gasteiger partial charge in [-0.05, 0) is 30.4 Å². The van der Waals surface area contributed by atoms with E-state index in [2.05, 4.69) is 10.2 Å². The summed E-state index contributed by atoms with van der Waals surface area (Å²) in [5, 5.41) is 4.47. The Morgan fingerprint density at radius 1 is 1.28 bits per heavy atom. The molecule has 2 N–H and O–H groups in total. The van der Waals surface area contributed by atoms with E-state index in [1.807, 2.05) is 0 Å². The van der Waals surface area contributed by atoms with Gasteiger partial charge in [-0.1, -0.05) is 11.6 Å². The molecule has 96 valence electrons. The van der Waals surface area contributed by atoms with Crippen molar-refractivity contribution in [3.05, 3.63) is 44.0 Å². The molecule has 9 heteroatoms. The van der Waals surface area contributed by atoms with E-state index in [1.54, 1.807) is 0 Å². The van der Waals surface area contributed by atoms with Gasteiger partial charge in [-0.25, -0.2) is 14.5 Å². The van der Waals surface area contributed by atoms with Crippen molar-refractivity contribution >= 4 is 23.8 Å². The number of hydrogen-bond donors (Lipinski definition) is 2. The highest BCUT2D eigenvalue weighted by atomic mass is 35.5. The number of benzene rings is 1. The zero-order chi connectivity index (χ0) is 13.5. The topological polar surface area (TPSA) is 53.6 Å². The number of rotatable bonds is 1. The fourth-order valence-electron chi connectivity index (χ4n) is 1.39. The molecule has 0 radical (unpaired) electrons. The van der Waals surface area contributed by atoms with Crippen LogP contribution in [-0.4, -0.2) is 14.8 Å². The van der Waals surface area contributed by atoms with Crippen LogP contribution >= 0.6 is 23.8 Å². The highest BCUT2D eigenvalue weighted by Crippen LogP contribution is 2.32. The van der Waals surface area contributed by atoms with Crippen molar-refractivity contribution in [3.63, 3.8) is 0 Å². The normalized spacial score (nSPS) is 11.8. The average Bonchev–Trinajstić information content (AvgIpc) is 2.58. The summed E-state index contributed by atoms with van der Waals surface area (Å²) in [7, 11) is 0. The highest BCUT2D eigenvalue weighted by molar-refractivity contribution is 7.71. The second-order valence-corrected chi connectivity index (χ2v) is 4.15. The lowest BCUT2D eigenvalue weighted by Gasteiger charge is -2.10. The first-order valence-electron chi connectivity index (χ1n) is 4.57. The SMILES string of the molecule is O=c1[nH][nH]c(=S)n1-c1cc(C(F)(F)F)ccc1Cl. The van der Waals surface area contributed by atoms with E-state index in [4.69, 9.17) is 23.8 Å². The van der Waals surface area contributed by atoms with Crippen molar-refractivity contribution in [1.82, 2.24) is 14.8 Å². The summed E-state index contributed by atoms with van der Waals surface area (Å²) in [5.74, 6) is 0. The number of halogens is 4. The zero-order valence-corrected chi connectivity index (χ0v) is 10.1. The van der Waals surface area contributed by atoms with Gasteiger partial charge in [0.2, 0.25) is 4.77 Å². The third-order valence-corrected chi connectivity index (χ3v) is 2.80. The van der Waals surface area contributed by atoms with E-state index in [9.17, 15) is 18.0 Å². The molecular formula is C9H5ClF3N3OS. The van der Waals surface area contributed by atoms with Crippen molar-refractivity contribution in [2.75, 3.05) is 0 Å². The van der Waals surface area contributed by atoms with Gasteiger partial charge in [0.05, 0.1) is 16.3 Å². The Kier molecular flexibility index (Phi) is 3.07. The van der Waals surface area contributed by atoms with Gasteiger partial charge in [-0.3, -0.25) is 5.10 Å². The standard InChI is InChI=1S/C9H5ClF3N3OS/c10-5-2-1-4(9(11,12)13)3-6(5)16-7(17)14-15-8(16)18/h1-3H,(H,14,17)(H,15,18). The molecule has 18 heavy (non-hydrogen) atoms. The molecule has 4 nitrogen and oxygen atoms in total. The number of alkyl halides is 3. The Hall–Kier alpha value is -1.54. The van der Waals surface area contributed by atoms with Gasteiger partial charge in [-0.15, -0.1) is 0 Å². The largest absolute Gasteiger partial charge is 0.416 e. The van der Waals surface area contributed by atoms with Crippen molar-refractivity contribution in [2.24, 2.45) is 0 Å². The predicted molar refractivity (Wildman–Crippen MR) is 61.6 cm³/mol. The second kappa shape index (κ2) is 4.29. The van der Waals surface area contributed by atoms with Crippen molar-refractivity contribution in [3.8, 4) is 5.69 Å². The summed E-state index contributed by atoms with van der Waals surface area (Å²) in [6, 6.07) is 2.66. The maximum absolute atomic E-state index is 12.6. The van der Waals surface area contributed by atoms with Crippen LogP contribution in [0.3, 0.4) is 0 Å². The van der Waals surface area contributed by atoms with Crippen molar-refractivity contribution < 1.29 is 13.2 Å². The van der Waals surface area contributed by atoms with E-state index in [0.717, 1.165) is 22.8 Å². The van der Waals surface area contributed by atoms with Crippen LogP contribution in [0.5, 0.6) is 0 Å². The number of aromatic nitrogens is 3. The first kappa shape index (κ1) is 12.9. The second-order valence-electron chi connectivity index (χ2n) is 3.36. The van der Waals surface area contributed by atoms with E-state index < -0.39 is 17.4 Å². The van der Waals surface area contributed by atoms with Gasteiger partial charge < -0.3 is 0 Å². The minimum atomic E-state index is -4.52. The molecule has 0 aliphatic carbocycles. The van der Waals surface area contributed by atoms with Crippen LogP contribution in [0.1, 0.15) is 5.56 Å². The van der Waals surface area contributed by atoms with Gasteiger partial charge in [0.1, 0.15) is 0 Å². The number of aromatic amines is 2. The Morgan fingerprint density at radius 2 is 1.94 bits per heavy atom. The third kappa shape index (κ3) is 2.21. The number of nitrogens with one attached hydrogen (secondary N) is 2. The first-order valence-corrected chi connectivity index (χ1v) is 5.36. The minimum absolute atomic E-state index is 0.01000. The van der Waals surface area contributed by atoms with Crippen LogP contribution < -0.4 is 5.69 Å². The third-order valence-electron chi connectivity index (χ3n) is 2.20. The van der Waals surface area contributed by atoms with Crippen LogP contribution in [-0.2, 0) is 6.18 Å². The molecule has 0 aliphatic heterocycles. The Morgan fingerprint density at radius 3 is 2.44 bits per heavy atom. The van der Waals surface area contributed by atoms with Gasteiger partial charge in [0.25, 0.3) is 0 Å². The first-order chi connectivity index (χ1) is 8.30. The lowest BCUT2D eigenvalue weighted by atomic mass is 10.2. The molecule has 2 rings (SSSR count). The molecular weight excluding hydrogens is 291 g/mol. The van der Waals surface area contributed by atoms with E-state index >= 15 is 0 Å². The van der Waals surface area contributed by atoms with Crippen LogP contribution in [0.2, 0.25) is 5.02 Å². The molecule has 1 heterocycles. The average molecular weight is 296 g/mol. The molecule has 0 unspecified atom stereocenters. The minimum Gasteiger partial charge on any atom is -0.272 e. The van der Waals surface area contributed by atoms with Crippen LogP contribution in [0.15, 0.2) is 23.0 Å². The molecule has 0 spiro atoms. The quantitative estimate of drug-likeness (QED) is 0.795. The lowest BCUT2D eigenvalue weighted by molar-refractivity contribution is -0.137. The summed E-state index contributed by atoms with van der Waals surface area (Å²) in [6.45, 7) is 0. The van der Waals surface area contributed by atoms with Crippen molar-refractivity contribution in [2.45, 2.75) is 6.18 Å². The fraction of sp³-hybridized carbons (Fsp3) is 0.111. The molecule has 1 aromatic heterocycles. The predicted octanol–water partition coefficient (Wildman–Crippen LogP) is 2.90. The summed E-state index contributed by atoms with van der Waals surface area (Å²) < 4.78 is 38.5. The monoisotopic (exact) mass is 295 g/mol. The summed E-state index contributed by atoms with van der Waals surface area (Å²) >= 11 is 10.6. The maximum atomic E-state index is 12.6. The van der Waals surface area contributed by atoms with Gasteiger partial charge in [0, 0.05) is 0 Å². The molecule has 1 aromatic carbocycles. The van der Waals surface area contributed by atoms with Gasteiger partial charge >= 0.3 is 11.9 Å². The van der Waals surface area contributed by atoms with E-state index in [0.29, 0.717) is 0 Å². The Labute approximate surface area is 108 Å². The van der Waals surface area contributed by atoms with Crippen LogP contribution in [0.4, 0.5) is 13.2 Å². The fourth-order valence-corrected chi connectivity index (χ4v) is 1.82. The number of hydrogen-bond acceptors (Lipinski definition) is 2. The molecule has 0 atom stereocenters. The zero-order valence-electron chi connectivity index (χ0n) is 8.51. The molecule has 0 aliphatic rings. The Balaban J connectivity index is 2.73. The molecule has 0 bridgehead atoms. The van der Waals surface area contributed by atoms with Gasteiger partial charge in [-0.2, -0.15) is 13.2 Å². The van der Waals surface area contributed by atoms with Crippen LogP contribution in [0, 0.1) is 4.77 Å². The maximum Gasteiger partial charge on any atom is 0.416 e.